The molecular formula is C69H135NO5. The molecule has 1 amide bonds. The maximum atomic E-state index is 12.5. The molecule has 0 fully saturated rings. The molecule has 6 heteroatoms. The van der Waals surface area contributed by atoms with Gasteiger partial charge in [0.2, 0.25) is 5.91 Å². The Morgan fingerprint density at radius 2 is 0.627 bits per heavy atom. The van der Waals surface area contributed by atoms with Crippen LogP contribution < -0.4 is 5.32 Å². The van der Waals surface area contributed by atoms with Crippen molar-refractivity contribution in [3.05, 3.63) is 12.2 Å². The number of carbonyl (C=O) groups is 2. The minimum atomic E-state index is -0.670. The lowest BCUT2D eigenvalue weighted by Gasteiger charge is -2.22. The summed E-state index contributed by atoms with van der Waals surface area (Å²) in [5, 5.41) is 23.4. The number of hydrogen-bond donors (Lipinski definition) is 3. The lowest BCUT2D eigenvalue weighted by atomic mass is 10.0. The van der Waals surface area contributed by atoms with Crippen molar-refractivity contribution in [1.82, 2.24) is 5.32 Å². The third-order valence-corrected chi connectivity index (χ3v) is 16.3. The van der Waals surface area contributed by atoms with Crippen molar-refractivity contribution < 1.29 is 24.5 Å². The molecule has 0 radical (unpaired) electrons. The predicted molar refractivity (Wildman–Crippen MR) is 329 cm³/mol. The van der Waals surface area contributed by atoms with Crippen molar-refractivity contribution in [3.63, 3.8) is 0 Å². The molecular weight excluding hydrogens is 923 g/mol. The zero-order chi connectivity index (χ0) is 54.3. The van der Waals surface area contributed by atoms with Gasteiger partial charge in [0.25, 0.3) is 0 Å². The van der Waals surface area contributed by atoms with Crippen molar-refractivity contribution in [1.29, 1.82) is 0 Å². The molecule has 446 valence electrons. The second-order valence-corrected chi connectivity index (χ2v) is 23.9. The summed E-state index contributed by atoms with van der Waals surface area (Å²) in [7, 11) is 0. The molecule has 0 rings (SSSR count). The Hall–Kier alpha value is -1.40. The van der Waals surface area contributed by atoms with E-state index < -0.39 is 12.1 Å². The van der Waals surface area contributed by atoms with E-state index in [1.165, 1.54) is 321 Å². The van der Waals surface area contributed by atoms with E-state index in [1.54, 1.807) is 0 Å². The maximum absolute atomic E-state index is 12.5. The summed E-state index contributed by atoms with van der Waals surface area (Å²) >= 11 is 0. The first-order valence-corrected chi connectivity index (χ1v) is 34.4. The van der Waals surface area contributed by atoms with Crippen LogP contribution in [0.1, 0.15) is 393 Å². The van der Waals surface area contributed by atoms with Gasteiger partial charge in [-0.25, -0.2) is 0 Å². The molecule has 0 saturated heterocycles. The summed E-state index contributed by atoms with van der Waals surface area (Å²) in [6, 6.07) is -0.548. The van der Waals surface area contributed by atoms with Crippen LogP contribution in [0.5, 0.6) is 0 Å². The number of esters is 1. The standard InChI is InChI=1S/C69H135NO5/c1-3-5-7-9-11-13-15-17-19-21-22-23-24-27-30-33-37-41-45-49-53-57-61-67(72)66(65-71)70-68(73)62-58-54-50-46-42-38-34-31-28-25-26-29-32-36-40-44-48-52-56-60-64-75-69(74)63-59-55-51-47-43-39-35-20-18-16-14-12-10-8-6-4-2/h25,28,66-67,71-72H,3-24,26-27,29-65H2,1-2H3,(H,70,73)/b28-25-. The Morgan fingerprint density at radius 1 is 0.360 bits per heavy atom. The van der Waals surface area contributed by atoms with E-state index in [9.17, 15) is 19.8 Å². The van der Waals surface area contributed by atoms with Gasteiger partial charge in [-0.15, -0.1) is 0 Å². The van der Waals surface area contributed by atoms with E-state index >= 15 is 0 Å². The molecule has 2 atom stereocenters. The summed E-state index contributed by atoms with van der Waals surface area (Å²) in [4.78, 5) is 24.6. The monoisotopic (exact) mass is 1060 g/mol. The zero-order valence-electron chi connectivity index (χ0n) is 51.1. The number of aliphatic hydroxyl groups is 2. The van der Waals surface area contributed by atoms with Crippen LogP contribution in [0.25, 0.3) is 0 Å². The van der Waals surface area contributed by atoms with Crippen LogP contribution >= 0.6 is 0 Å². The van der Waals surface area contributed by atoms with Gasteiger partial charge >= 0.3 is 5.97 Å². The van der Waals surface area contributed by atoms with Crippen LogP contribution in [0.2, 0.25) is 0 Å². The number of rotatable bonds is 65. The van der Waals surface area contributed by atoms with Gasteiger partial charge < -0.3 is 20.3 Å². The van der Waals surface area contributed by atoms with Gasteiger partial charge in [-0.3, -0.25) is 9.59 Å². The number of allylic oxidation sites excluding steroid dienone is 2. The Morgan fingerprint density at radius 3 is 0.947 bits per heavy atom. The normalized spacial score (nSPS) is 12.5. The van der Waals surface area contributed by atoms with Gasteiger partial charge in [-0.2, -0.15) is 0 Å². The first-order chi connectivity index (χ1) is 37.0. The Balaban J connectivity index is 3.41. The molecule has 6 nitrogen and oxygen atoms in total. The number of ether oxygens (including phenoxy) is 1. The zero-order valence-corrected chi connectivity index (χ0v) is 51.1. The van der Waals surface area contributed by atoms with Gasteiger partial charge in [0.1, 0.15) is 0 Å². The van der Waals surface area contributed by atoms with Crippen molar-refractivity contribution in [3.8, 4) is 0 Å². The molecule has 0 aromatic rings. The van der Waals surface area contributed by atoms with Crippen molar-refractivity contribution in [2.45, 2.75) is 405 Å². The predicted octanol–water partition coefficient (Wildman–Crippen LogP) is 22.0. The van der Waals surface area contributed by atoms with Gasteiger partial charge in [0.05, 0.1) is 25.4 Å². The molecule has 0 bridgehead atoms. The molecule has 0 aliphatic heterocycles. The molecule has 75 heavy (non-hydrogen) atoms. The highest BCUT2D eigenvalue weighted by molar-refractivity contribution is 5.76. The third kappa shape index (κ3) is 61.7. The Labute approximate surface area is 469 Å². The molecule has 0 aromatic heterocycles. The molecule has 3 N–H and O–H groups in total. The van der Waals surface area contributed by atoms with Crippen molar-refractivity contribution in [2.75, 3.05) is 13.2 Å². The molecule has 0 aliphatic carbocycles. The van der Waals surface area contributed by atoms with E-state index in [1.807, 2.05) is 0 Å². The van der Waals surface area contributed by atoms with Gasteiger partial charge in [0, 0.05) is 12.8 Å². The number of unbranched alkanes of at least 4 members (excludes halogenated alkanes) is 52. The fourth-order valence-electron chi connectivity index (χ4n) is 11.1. The first-order valence-electron chi connectivity index (χ1n) is 34.4. The van der Waals surface area contributed by atoms with E-state index in [0.29, 0.717) is 25.9 Å². The number of nitrogens with one attached hydrogen (secondary N) is 1. The lowest BCUT2D eigenvalue weighted by Crippen LogP contribution is -2.45. The van der Waals surface area contributed by atoms with Gasteiger partial charge in [0.15, 0.2) is 0 Å². The maximum Gasteiger partial charge on any atom is 0.305 e. The summed E-state index contributed by atoms with van der Waals surface area (Å²) in [6.07, 6.45) is 79.6. The summed E-state index contributed by atoms with van der Waals surface area (Å²) in [5.41, 5.74) is 0. The number of aliphatic hydroxyl groups excluding tert-OH is 2. The number of hydrogen-bond acceptors (Lipinski definition) is 5. The minimum absolute atomic E-state index is 0.0110. The summed E-state index contributed by atoms with van der Waals surface area (Å²) in [6.45, 7) is 4.99. The van der Waals surface area contributed by atoms with Crippen LogP contribution in [0, 0.1) is 0 Å². The van der Waals surface area contributed by atoms with Crippen molar-refractivity contribution in [2.24, 2.45) is 0 Å². The lowest BCUT2D eigenvalue weighted by molar-refractivity contribution is -0.143. The molecule has 0 aromatic carbocycles. The smallest absolute Gasteiger partial charge is 0.305 e. The largest absolute Gasteiger partial charge is 0.466 e. The van der Waals surface area contributed by atoms with Crippen LogP contribution in [0.3, 0.4) is 0 Å². The highest BCUT2D eigenvalue weighted by Crippen LogP contribution is 2.19. The topological polar surface area (TPSA) is 95.9 Å². The molecule has 0 heterocycles. The SMILES string of the molecule is CCCCCCCCCCCCCCCCCCCCCCCCC(O)C(CO)NC(=O)CCCCCCCCC/C=C\CCCCCCCCCCCOC(=O)CCCCCCCCCCCCCCCCCC. The number of carbonyl (C=O) groups excluding carboxylic acids is 2. The van der Waals surface area contributed by atoms with Crippen LogP contribution in [-0.2, 0) is 14.3 Å². The Kier molecular flexibility index (Phi) is 63.9. The highest BCUT2D eigenvalue weighted by atomic mass is 16.5. The molecule has 0 aliphatic rings. The van der Waals surface area contributed by atoms with Gasteiger partial charge in [-0.1, -0.05) is 341 Å². The summed E-state index contributed by atoms with van der Waals surface area (Å²) in [5.74, 6) is -0.0279. The Bertz CT molecular complexity index is 1130. The fraction of sp³-hybridized carbons (Fsp3) is 0.942. The average molecular weight is 1060 g/mol. The quantitative estimate of drug-likeness (QED) is 0.0320. The van der Waals surface area contributed by atoms with E-state index in [0.717, 1.165) is 38.5 Å². The second-order valence-electron chi connectivity index (χ2n) is 23.9. The van der Waals surface area contributed by atoms with Crippen LogP contribution in [-0.4, -0.2) is 47.4 Å². The molecule has 0 spiro atoms. The second kappa shape index (κ2) is 65.1. The van der Waals surface area contributed by atoms with E-state index in [4.69, 9.17) is 4.74 Å². The first kappa shape index (κ1) is 73.6. The van der Waals surface area contributed by atoms with E-state index in [-0.39, 0.29) is 18.5 Å². The molecule has 0 saturated carbocycles. The highest BCUT2D eigenvalue weighted by Gasteiger charge is 2.20. The minimum Gasteiger partial charge on any atom is -0.466 e. The summed E-state index contributed by atoms with van der Waals surface area (Å²) < 4.78 is 5.50. The molecule has 2 unspecified atom stereocenters. The fourth-order valence-corrected chi connectivity index (χ4v) is 11.1. The van der Waals surface area contributed by atoms with Crippen molar-refractivity contribution >= 4 is 11.9 Å². The van der Waals surface area contributed by atoms with E-state index in [2.05, 4.69) is 31.3 Å². The third-order valence-electron chi connectivity index (χ3n) is 16.3. The van der Waals surface area contributed by atoms with Crippen LogP contribution in [0.4, 0.5) is 0 Å². The van der Waals surface area contributed by atoms with Crippen LogP contribution in [0.15, 0.2) is 12.2 Å². The van der Waals surface area contributed by atoms with Gasteiger partial charge in [-0.05, 0) is 51.4 Å². The number of amides is 1. The average Bonchev–Trinajstić information content (AvgIpc) is 3.41.